The third-order valence-electron chi connectivity index (χ3n) is 2.93. The van der Waals surface area contributed by atoms with Gasteiger partial charge >= 0.3 is 0 Å². The average Bonchev–Trinajstić information content (AvgIpc) is 2.41. The zero-order chi connectivity index (χ0) is 14.8. The van der Waals surface area contributed by atoms with Crippen molar-refractivity contribution in [3.63, 3.8) is 0 Å². The maximum absolute atomic E-state index is 10.9. The quantitative estimate of drug-likeness (QED) is 0.613. The molecule has 0 aliphatic carbocycles. The molecule has 0 saturated heterocycles. The lowest BCUT2D eigenvalue weighted by atomic mass is 9.99. The van der Waals surface area contributed by atoms with E-state index in [1.807, 2.05) is 6.07 Å². The van der Waals surface area contributed by atoms with E-state index < -0.39 is 0 Å². The Balaban J connectivity index is 2.75. The second-order valence-electron chi connectivity index (χ2n) is 4.54. The van der Waals surface area contributed by atoms with Gasteiger partial charge in [0.05, 0.1) is 0 Å². The van der Waals surface area contributed by atoms with E-state index in [1.165, 1.54) is 18.1 Å². The van der Waals surface area contributed by atoms with E-state index in [0.717, 1.165) is 31.4 Å². The van der Waals surface area contributed by atoms with E-state index in [-0.39, 0.29) is 5.91 Å². The number of benzene rings is 1. The minimum absolute atomic E-state index is 0.00521. The molecule has 20 heavy (non-hydrogen) atoms. The molecule has 0 aliphatic heterocycles. The van der Waals surface area contributed by atoms with Crippen molar-refractivity contribution in [1.29, 1.82) is 0 Å². The molecule has 0 fully saturated rings. The van der Waals surface area contributed by atoms with Crippen LogP contribution in [-0.4, -0.2) is 26.2 Å². The molecule has 0 spiro atoms. The molecule has 1 aromatic rings. The Hall–Kier alpha value is -1.31. The van der Waals surface area contributed by atoms with Gasteiger partial charge in [0.25, 0.3) is 0 Å². The first-order chi connectivity index (χ1) is 9.67. The van der Waals surface area contributed by atoms with Crippen LogP contribution in [0.15, 0.2) is 18.2 Å². The summed E-state index contributed by atoms with van der Waals surface area (Å²) in [6.45, 7) is 2.93. The first-order valence-electron chi connectivity index (χ1n) is 6.64. The molecule has 0 bridgehead atoms. The lowest BCUT2D eigenvalue weighted by Crippen LogP contribution is -2.22. The zero-order valence-electron chi connectivity index (χ0n) is 12.0. The Morgan fingerprint density at radius 1 is 1.40 bits per heavy atom. The Morgan fingerprint density at radius 3 is 2.85 bits per heavy atom. The lowest BCUT2D eigenvalue weighted by molar-refractivity contribution is -0.118. The van der Waals surface area contributed by atoms with E-state index >= 15 is 0 Å². The molecule has 3 nitrogen and oxygen atoms in total. The number of hydrogen-bond acceptors (Lipinski definition) is 2. The van der Waals surface area contributed by atoms with Crippen LogP contribution in [-0.2, 0) is 22.4 Å². The molecule has 1 rings (SSSR count). The highest BCUT2D eigenvalue weighted by atomic mass is 79.9. The van der Waals surface area contributed by atoms with E-state index in [2.05, 4.69) is 44.1 Å². The molecule has 0 aliphatic rings. The highest BCUT2D eigenvalue weighted by Gasteiger charge is 2.03. The van der Waals surface area contributed by atoms with E-state index in [9.17, 15) is 4.79 Å². The van der Waals surface area contributed by atoms with Crippen LogP contribution < -0.4 is 5.32 Å². The fraction of sp³-hybridized carbons (Fsp3) is 0.438. The van der Waals surface area contributed by atoms with Crippen molar-refractivity contribution in [3.8, 4) is 10.8 Å². The predicted octanol–water partition coefficient (Wildman–Crippen LogP) is 2.65. The van der Waals surface area contributed by atoms with Gasteiger partial charge in [-0.1, -0.05) is 18.1 Å². The van der Waals surface area contributed by atoms with E-state index in [0.29, 0.717) is 6.54 Å². The molecule has 108 valence electrons. The van der Waals surface area contributed by atoms with Crippen LogP contribution in [0, 0.1) is 10.8 Å². The number of ether oxygens (including phenoxy) is 1. The summed E-state index contributed by atoms with van der Waals surface area (Å²) in [5, 5.41) is 2.82. The highest BCUT2D eigenvalue weighted by molar-refractivity contribution is 9.12. The molecule has 4 heteroatoms. The Kier molecular flexibility index (Phi) is 8.01. The fourth-order valence-electron chi connectivity index (χ4n) is 1.98. The predicted molar refractivity (Wildman–Crippen MR) is 84.8 cm³/mol. The van der Waals surface area contributed by atoms with Crippen molar-refractivity contribution in [1.82, 2.24) is 5.32 Å². The van der Waals surface area contributed by atoms with Crippen LogP contribution in [0.25, 0.3) is 0 Å². The third-order valence-corrected chi connectivity index (χ3v) is 3.13. The molecule has 0 atom stereocenters. The summed E-state index contributed by atoms with van der Waals surface area (Å²) in [5.41, 5.74) is 3.45. The van der Waals surface area contributed by atoms with Gasteiger partial charge < -0.3 is 10.1 Å². The number of aryl methyl sites for hydroxylation is 1. The molecule has 1 amide bonds. The largest absolute Gasteiger partial charge is 0.385 e. The summed E-state index contributed by atoms with van der Waals surface area (Å²) in [7, 11) is 1.72. The lowest BCUT2D eigenvalue weighted by Gasteiger charge is -2.09. The molecule has 1 aromatic carbocycles. The number of carbonyl (C=O) groups is 1. The average molecular weight is 338 g/mol. The molecule has 0 aromatic heterocycles. The Bertz CT molecular complexity index is 503. The normalized spacial score (nSPS) is 9.75. The van der Waals surface area contributed by atoms with Gasteiger partial charge in [0.15, 0.2) is 0 Å². The minimum Gasteiger partial charge on any atom is -0.385 e. The maximum Gasteiger partial charge on any atom is 0.216 e. The van der Waals surface area contributed by atoms with Gasteiger partial charge in [-0.3, -0.25) is 4.79 Å². The zero-order valence-corrected chi connectivity index (χ0v) is 13.5. The molecule has 0 heterocycles. The van der Waals surface area contributed by atoms with Crippen LogP contribution in [0.2, 0.25) is 0 Å². The number of methoxy groups -OCH3 is 1. The fourth-order valence-corrected chi connectivity index (χ4v) is 2.19. The van der Waals surface area contributed by atoms with E-state index in [4.69, 9.17) is 4.74 Å². The number of halogens is 1. The minimum atomic E-state index is -0.00521. The second-order valence-corrected chi connectivity index (χ2v) is 4.94. The molecule has 0 radical (unpaired) electrons. The van der Waals surface area contributed by atoms with Gasteiger partial charge in [-0.25, -0.2) is 0 Å². The number of carbonyl (C=O) groups excluding carboxylic acids is 1. The molecule has 1 N–H and O–H groups in total. The number of hydrogen-bond donors (Lipinski definition) is 1. The molecular formula is C16H20BrNO2. The molecule has 0 saturated carbocycles. The topological polar surface area (TPSA) is 38.3 Å². The van der Waals surface area contributed by atoms with Gasteiger partial charge in [-0.15, -0.1) is 0 Å². The van der Waals surface area contributed by atoms with Gasteiger partial charge in [-0.2, -0.15) is 0 Å². The summed E-state index contributed by atoms with van der Waals surface area (Å²) < 4.78 is 5.07. The first kappa shape index (κ1) is 16.7. The summed E-state index contributed by atoms with van der Waals surface area (Å²) in [6.07, 6.45) is 2.78. The third kappa shape index (κ3) is 6.23. The van der Waals surface area contributed by atoms with Crippen molar-refractivity contribution in [2.45, 2.75) is 26.2 Å². The van der Waals surface area contributed by atoms with Crippen molar-refractivity contribution in [2.24, 2.45) is 0 Å². The van der Waals surface area contributed by atoms with E-state index in [1.54, 1.807) is 7.11 Å². The van der Waals surface area contributed by atoms with Gasteiger partial charge in [-0.05, 0) is 41.3 Å². The molecular weight excluding hydrogens is 318 g/mol. The van der Waals surface area contributed by atoms with Gasteiger partial charge in [0, 0.05) is 48.7 Å². The van der Waals surface area contributed by atoms with Gasteiger partial charge in [0.1, 0.15) is 0 Å². The van der Waals surface area contributed by atoms with Crippen molar-refractivity contribution in [3.05, 3.63) is 34.9 Å². The highest BCUT2D eigenvalue weighted by Crippen LogP contribution is 2.14. The van der Waals surface area contributed by atoms with Crippen molar-refractivity contribution >= 4 is 21.8 Å². The monoisotopic (exact) mass is 337 g/mol. The number of rotatable bonds is 7. The van der Waals surface area contributed by atoms with Crippen LogP contribution in [0.3, 0.4) is 0 Å². The summed E-state index contributed by atoms with van der Waals surface area (Å²) in [5.74, 6) is 3.03. The van der Waals surface area contributed by atoms with Crippen LogP contribution >= 0.6 is 15.9 Å². The molecule has 0 unspecified atom stereocenters. The van der Waals surface area contributed by atoms with Gasteiger partial charge in [0.2, 0.25) is 5.91 Å². The van der Waals surface area contributed by atoms with Crippen LogP contribution in [0.4, 0.5) is 0 Å². The van der Waals surface area contributed by atoms with Crippen molar-refractivity contribution in [2.75, 3.05) is 20.3 Å². The number of amides is 1. The smallest absolute Gasteiger partial charge is 0.216 e. The maximum atomic E-state index is 10.9. The second kappa shape index (κ2) is 9.57. The SMILES string of the molecule is COCCCc1ccc(C#CBr)c(CCNC(C)=O)c1. The summed E-state index contributed by atoms with van der Waals surface area (Å²) in [6, 6.07) is 6.31. The van der Waals surface area contributed by atoms with Crippen molar-refractivity contribution < 1.29 is 9.53 Å². The van der Waals surface area contributed by atoms with Crippen LogP contribution in [0.5, 0.6) is 0 Å². The van der Waals surface area contributed by atoms with Crippen LogP contribution in [0.1, 0.15) is 30.0 Å². The number of nitrogens with one attached hydrogen (secondary N) is 1. The standard InChI is InChI=1S/C16H20BrNO2/c1-13(19)18-10-8-16-12-14(4-3-11-20-2)5-6-15(16)7-9-17/h5-6,12H,3-4,8,10-11H2,1-2H3,(H,18,19). The Morgan fingerprint density at radius 2 is 2.20 bits per heavy atom. The summed E-state index contributed by atoms with van der Waals surface area (Å²) in [4.78, 5) is 13.7. The Labute approximate surface area is 129 Å². The first-order valence-corrected chi connectivity index (χ1v) is 7.43. The summed E-state index contributed by atoms with van der Waals surface area (Å²) >= 11 is 3.13.